The van der Waals surface area contributed by atoms with Crippen LogP contribution < -0.4 is 14.2 Å². The minimum atomic E-state index is 0.180. The van der Waals surface area contributed by atoms with E-state index in [1.54, 1.807) is 0 Å². The van der Waals surface area contributed by atoms with E-state index in [0.29, 0.717) is 26.4 Å². The van der Waals surface area contributed by atoms with Crippen LogP contribution in [0.1, 0.15) is 11.1 Å². The zero-order valence-electron chi connectivity index (χ0n) is 16.1. The van der Waals surface area contributed by atoms with Crippen LogP contribution in [0.15, 0.2) is 42.5 Å². The fourth-order valence-corrected chi connectivity index (χ4v) is 2.89. The fraction of sp³-hybridized carbons (Fsp3) is 0.391. The molecular weight excluding hydrogens is 372 g/mol. The molecule has 0 aromatic heterocycles. The summed E-state index contributed by atoms with van der Waals surface area (Å²) in [5, 5.41) is 0. The van der Waals surface area contributed by atoms with Crippen molar-refractivity contribution in [1.82, 2.24) is 0 Å². The van der Waals surface area contributed by atoms with Gasteiger partial charge in [-0.15, -0.1) is 0 Å². The van der Waals surface area contributed by atoms with Gasteiger partial charge in [0.15, 0.2) is 0 Å². The van der Waals surface area contributed by atoms with Gasteiger partial charge in [-0.05, 0) is 35.4 Å². The first-order chi connectivity index (χ1) is 14.3. The van der Waals surface area contributed by atoms with E-state index in [9.17, 15) is 0 Å². The van der Waals surface area contributed by atoms with Gasteiger partial charge in [-0.2, -0.15) is 0 Å². The maximum absolute atomic E-state index is 5.86. The first-order valence-electron chi connectivity index (χ1n) is 9.97. The SMILES string of the molecule is C(=Cc1cc(OCC2CO2)cc(OCC2CO2)c1)c1ccc(OC2COC2)cc1. The lowest BCUT2D eigenvalue weighted by atomic mass is 10.1. The molecule has 0 saturated carbocycles. The molecule has 5 rings (SSSR count). The van der Waals surface area contributed by atoms with Gasteiger partial charge in [-0.3, -0.25) is 0 Å². The fourth-order valence-electron chi connectivity index (χ4n) is 2.89. The number of benzene rings is 2. The molecule has 2 unspecified atom stereocenters. The number of ether oxygens (including phenoxy) is 6. The van der Waals surface area contributed by atoms with Crippen LogP contribution in [0.3, 0.4) is 0 Å². The van der Waals surface area contributed by atoms with Gasteiger partial charge in [0.05, 0.1) is 26.4 Å². The van der Waals surface area contributed by atoms with Crippen LogP contribution in [0.25, 0.3) is 12.2 Å². The highest BCUT2D eigenvalue weighted by atomic mass is 16.6. The van der Waals surface area contributed by atoms with Gasteiger partial charge in [0.2, 0.25) is 0 Å². The van der Waals surface area contributed by atoms with Crippen LogP contribution >= 0.6 is 0 Å². The second-order valence-corrected chi connectivity index (χ2v) is 7.45. The standard InChI is InChI=1S/C23H24O6/c1(16-3-5-18(6-4-16)29-23-10-24-11-23)2-17-7-19(25-12-21-14-27-21)9-20(8-17)26-13-22-15-28-22/h1-9,21-23H,10-15H2. The molecule has 0 aliphatic carbocycles. The molecule has 0 bridgehead atoms. The summed E-state index contributed by atoms with van der Waals surface area (Å²) in [5.41, 5.74) is 2.10. The first-order valence-corrected chi connectivity index (χ1v) is 9.97. The zero-order valence-corrected chi connectivity index (χ0v) is 16.1. The molecule has 2 atom stereocenters. The van der Waals surface area contributed by atoms with Crippen molar-refractivity contribution in [3.05, 3.63) is 53.6 Å². The Kier molecular flexibility index (Phi) is 5.39. The highest BCUT2D eigenvalue weighted by Crippen LogP contribution is 2.27. The summed E-state index contributed by atoms with van der Waals surface area (Å²) in [6.45, 7) is 4.01. The highest BCUT2D eigenvalue weighted by Gasteiger charge is 2.24. The molecule has 3 aliphatic heterocycles. The summed E-state index contributed by atoms with van der Waals surface area (Å²) in [5.74, 6) is 2.42. The highest BCUT2D eigenvalue weighted by molar-refractivity contribution is 5.71. The van der Waals surface area contributed by atoms with E-state index in [4.69, 9.17) is 28.4 Å². The summed E-state index contributed by atoms with van der Waals surface area (Å²) < 4.78 is 33.1. The molecule has 2 aromatic rings. The Hall–Kier alpha value is -2.54. The maximum atomic E-state index is 5.86. The number of rotatable bonds is 10. The van der Waals surface area contributed by atoms with Crippen LogP contribution in [0, 0.1) is 0 Å². The van der Waals surface area contributed by atoms with Crippen molar-refractivity contribution >= 4 is 12.2 Å². The Morgan fingerprint density at radius 1 is 0.724 bits per heavy atom. The van der Waals surface area contributed by atoms with Crippen LogP contribution in [0.4, 0.5) is 0 Å². The average molecular weight is 396 g/mol. The first kappa shape index (κ1) is 18.5. The van der Waals surface area contributed by atoms with E-state index >= 15 is 0 Å². The summed E-state index contributed by atoms with van der Waals surface area (Å²) in [4.78, 5) is 0. The van der Waals surface area contributed by atoms with Crippen LogP contribution in [0.2, 0.25) is 0 Å². The lowest BCUT2D eigenvalue weighted by Gasteiger charge is -2.26. The van der Waals surface area contributed by atoms with Crippen LogP contribution in [-0.4, -0.2) is 58.0 Å². The van der Waals surface area contributed by atoms with E-state index in [1.807, 2.05) is 42.5 Å². The van der Waals surface area contributed by atoms with E-state index < -0.39 is 0 Å². The van der Waals surface area contributed by atoms with Crippen LogP contribution in [-0.2, 0) is 14.2 Å². The Labute approximate surface area is 169 Å². The summed E-state index contributed by atoms with van der Waals surface area (Å²) in [6.07, 6.45) is 4.72. The van der Waals surface area contributed by atoms with Crippen molar-refractivity contribution in [2.24, 2.45) is 0 Å². The predicted molar refractivity (Wildman–Crippen MR) is 108 cm³/mol. The third-order valence-corrected chi connectivity index (χ3v) is 4.84. The third kappa shape index (κ3) is 5.50. The molecule has 3 fully saturated rings. The third-order valence-electron chi connectivity index (χ3n) is 4.84. The van der Waals surface area contributed by atoms with E-state index in [-0.39, 0.29) is 18.3 Å². The van der Waals surface area contributed by atoms with Crippen LogP contribution in [0.5, 0.6) is 17.2 Å². The Morgan fingerprint density at radius 2 is 1.31 bits per heavy atom. The zero-order chi connectivity index (χ0) is 19.5. The molecule has 0 amide bonds. The molecule has 0 spiro atoms. The molecule has 0 N–H and O–H groups in total. The van der Waals surface area contributed by atoms with Crippen molar-refractivity contribution in [3.63, 3.8) is 0 Å². The molecule has 152 valence electrons. The van der Waals surface area contributed by atoms with Gasteiger partial charge in [0, 0.05) is 6.07 Å². The number of hydrogen-bond donors (Lipinski definition) is 0. The molecule has 3 saturated heterocycles. The van der Waals surface area contributed by atoms with Crippen molar-refractivity contribution in [1.29, 1.82) is 0 Å². The van der Waals surface area contributed by atoms with Gasteiger partial charge in [-0.25, -0.2) is 0 Å². The average Bonchev–Trinajstić information content (AvgIpc) is 3.61. The van der Waals surface area contributed by atoms with Gasteiger partial charge in [-0.1, -0.05) is 24.3 Å². The lowest BCUT2D eigenvalue weighted by molar-refractivity contribution is -0.0796. The Balaban J connectivity index is 1.25. The van der Waals surface area contributed by atoms with Gasteiger partial charge in [0.25, 0.3) is 0 Å². The van der Waals surface area contributed by atoms with Crippen molar-refractivity contribution < 1.29 is 28.4 Å². The predicted octanol–water partition coefficient (Wildman–Crippen LogP) is 3.19. The Bertz CT molecular complexity index is 816. The van der Waals surface area contributed by atoms with Crippen molar-refractivity contribution in [2.45, 2.75) is 18.3 Å². The Morgan fingerprint density at radius 3 is 1.83 bits per heavy atom. The quantitative estimate of drug-likeness (QED) is 0.454. The minimum absolute atomic E-state index is 0.180. The largest absolute Gasteiger partial charge is 0.491 e. The van der Waals surface area contributed by atoms with E-state index in [1.165, 1.54) is 0 Å². The second-order valence-electron chi connectivity index (χ2n) is 7.45. The van der Waals surface area contributed by atoms with Crippen molar-refractivity contribution in [2.75, 3.05) is 39.6 Å². The van der Waals surface area contributed by atoms with E-state index in [0.717, 1.165) is 41.6 Å². The molecule has 29 heavy (non-hydrogen) atoms. The molecule has 2 aromatic carbocycles. The second kappa shape index (κ2) is 8.45. The smallest absolute Gasteiger partial charge is 0.145 e. The molecular formula is C23H24O6. The monoisotopic (exact) mass is 396 g/mol. The van der Waals surface area contributed by atoms with Gasteiger partial charge in [0.1, 0.15) is 48.8 Å². The molecule has 6 nitrogen and oxygen atoms in total. The van der Waals surface area contributed by atoms with E-state index in [2.05, 4.69) is 12.2 Å². The van der Waals surface area contributed by atoms with Crippen molar-refractivity contribution in [3.8, 4) is 17.2 Å². The number of hydrogen-bond acceptors (Lipinski definition) is 6. The maximum Gasteiger partial charge on any atom is 0.145 e. The molecule has 3 heterocycles. The normalized spacial score (nSPS) is 22.9. The minimum Gasteiger partial charge on any atom is -0.491 e. The topological polar surface area (TPSA) is 62.0 Å². The number of epoxide rings is 2. The molecule has 6 heteroatoms. The molecule has 0 radical (unpaired) electrons. The molecule has 3 aliphatic rings. The summed E-state index contributed by atoms with van der Waals surface area (Å²) in [7, 11) is 0. The summed E-state index contributed by atoms with van der Waals surface area (Å²) >= 11 is 0. The van der Waals surface area contributed by atoms with Gasteiger partial charge < -0.3 is 28.4 Å². The lowest BCUT2D eigenvalue weighted by Crippen LogP contribution is -2.38. The van der Waals surface area contributed by atoms with Gasteiger partial charge >= 0.3 is 0 Å². The summed E-state index contributed by atoms with van der Waals surface area (Å²) in [6, 6.07) is 14.0.